The number of rotatable bonds is 3. The summed E-state index contributed by atoms with van der Waals surface area (Å²) in [5.41, 5.74) is -0.526. The van der Waals surface area contributed by atoms with E-state index >= 15 is 0 Å². The number of esters is 1. The first-order chi connectivity index (χ1) is 7.79. The molecule has 6 nitrogen and oxygen atoms in total. The third-order valence-corrected chi connectivity index (χ3v) is 2.53. The van der Waals surface area contributed by atoms with Gasteiger partial charge in [-0.15, -0.1) is 0 Å². The molecule has 0 radical (unpaired) electrons. The Balaban J connectivity index is 2.74. The maximum atomic E-state index is 11.8. The van der Waals surface area contributed by atoms with Gasteiger partial charge in [-0.3, -0.25) is 9.69 Å². The van der Waals surface area contributed by atoms with Crippen LogP contribution in [0.1, 0.15) is 20.8 Å². The van der Waals surface area contributed by atoms with Crippen molar-refractivity contribution in [3.8, 4) is 0 Å². The van der Waals surface area contributed by atoms with Crippen molar-refractivity contribution in [2.45, 2.75) is 26.3 Å². The molecule has 1 fully saturated rings. The molecular weight excluding hydrogens is 224 g/mol. The molecule has 1 saturated heterocycles. The molecule has 1 heterocycles. The Kier molecular flexibility index (Phi) is 3.55. The maximum Gasteiger partial charge on any atom is 0.333 e. The summed E-state index contributed by atoms with van der Waals surface area (Å²) >= 11 is 0. The Morgan fingerprint density at radius 2 is 2.06 bits per heavy atom. The molecule has 0 aliphatic carbocycles. The lowest BCUT2D eigenvalue weighted by Gasteiger charge is -2.14. The Morgan fingerprint density at radius 3 is 2.47 bits per heavy atom. The minimum absolute atomic E-state index is 0.0645. The van der Waals surface area contributed by atoms with Gasteiger partial charge in [0, 0.05) is 12.1 Å². The maximum absolute atomic E-state index is 11.8. The van der Waals surface area contributed by atoms with Crippen molar-refractivity contribution in [2.24, 2.45) is 0 Å². The predicted molar refractivity (Wildman–Crippen MR) is 60.1 cm³/mol. The summed E-state index contributed by atoms with van der Waals surface area (Å²) in [5.74, 6) is -0.785. The molecule has 0 aromatic carbocycles. The molecule has 1 aliphatic rings. The summed E-state index contributed by atoms with van der Waals surface area (Å²) in [4.78, 5) is 35.5. The van der Waals surface area contributed by atoms with Crippen LogP contribution in [0.3, 0.4) is 0 Å². The summed E-state index contributed by atoms with van der Waals surface area (Å²) in [6, 6.07) is -0.450. The monoisotopic (exact) mass is 240 g/mol. The second-order valence-electron chi connectivity index (χ2n) is 4.35. The van der Waals surface area contributed by atoms with Gasteiger partial charge in [0.15, 0.2) is 0 Å². The van der Waals surface area contributed by atoms with E-state index in [9.17, 15) is 14.4 Å². The van der Waals surface area contributed by atoms with Gasteiger partial charge < -0.3 is 10.1 Å². The molecule has 6 heteroatoms. The lowest BCUT2D eigenvalue weighted by atomic mass is 10.1. The summed E-state index contributed by atoms with van der Waals surface area (Å²) in [5, 5.41) is 2.55. The van der Waals surface area contributed by atoms with Crippen molar-refractivity contribution < 1.29 is 19.1 Å². The zero-order valence-corrected chi connectivity index (χ0v) is 10.4. The topological polar surface area (TPSA) is 75.7 Å². The van der Waals surface area contributed by atoms with E-state index in [4.69, 9.17) is 0 Å². The lowest BCUT2D eigenvalue weighted by Crippen LogP contribution is -2.40. The zero-order valence-electron chi connectivity index (χ0n) is 10.4. The van der Waals surface area contributed by atoms with Gasteiger partial charge in [0.25, 0.3) is 5.91 Å². The minimum atomic E-state index is -0.885. The fraction of sp³-hybridized carbons (Fsp3) is 0.545. The normalized spacial score (nSPS) is 19.3. The molecule has 94 valence electrons. The molecule has 1 rings (SSSR count). The SMILES string of the molecule is COC(=O)C(C)=CCN1C(=O)NC(C)(C)C1=O. The van der Waals surface area contributed by atoms with Crippen LogP contribution in [0, 0.1) is 0 Å². The van der Waals surface area contributed by atoms with Crippen LogP contribution in [-0.4, -0.2) is 42.0 Å². The van der Waals surface area contributed by atoms with E-state index in [0.29, 0.717) is 5.57 Å². The van der Waals surface area contributed by atoms with E-state index in [1.54, 1.807) is 20.8 Å². The van der Waals surface area contributed by atoms with Crippen molar-refractivity contribution in [1.82, 2.24) is 10.2 Å². The van der Waals surface area contributed by atoms with Crippen molar-refractivity contribution in [3.63, 3.8) is 0 Å². The van der Waals surface area contributed by atoms with Crippen LogP contribution in [-0.2, 0) is 14.3 Å². The molecule has 0 aromatic rings. The van der Waals surface area contributed by atoms with Crippen LogP contribution < -0.4 is 5.32 Å². The highest BCUT2D eigenvalue weighted by Crippen LogP contribution is 2.16. The fourth-order valence-electron chi connectivity index (χ4n) is 1.46. The average Bonchev–Trinajstić information content (AvgIpc) is 2.45. The van der Waals surface area contributed by atoms with Crippen LogP contribution in [0.25, 0.3) is 0 Å². The standard InChI is InChI=1S/C11H16N2O4/c1-7(8(14)17-4)5-6-13-9(15)11(2,3)12-10(13)16/h5H,6H2,1-4H3,(H,12,16). The number of carbonyl (C=O) groups is 3. The third-order valence-electron chi connectivity index (χ3n) is 2.53. The molecular formula is C11H16N2O4. The van der Waals surface area contributed by atoms with Crippen LogP contribution in [0.15, 0.2) is 11.6 Å². The van der Waals surface area contributed by atoms with Crippen molar-refractivity contribution in [2.75, 3.05) is 13.7 Å². The van der Waals surface area contributed by atoms with E-state index in [0.717, 1.165) is 4.90 Å². The van der Waals surface area contributed by atoms with Crippen LogP contribution in [0.5, 0.6) is 0 Å². The van der Waals surface area contributed by atoms with Gasteiger partial charge in [-0.05, 0) is 20.8 Å². The number of hydrogen-bond donors (Lipinski definition) is 1. The number of nitrogens with zero attached hydrogens (tertiary/aromatic N) is 1. The quantitative estimate of drug-likeness (QED) is 0.441. The van der Waals surface area contributed by atoms with Crippen LogP contribution >= 0.6 is 0 Å². The average molecular weight is 240 g/mol. The van der Waals surface area contributed by atoms with Crippen molar-refractivity contribution >= 4 is 17.9 Å². The molecule has 17 heavy (non-hydrogen) atoms. The van der Waals surface area contributed by atoms with E-state index in [-0.39, 0.29) is 12.5 Å². The van der Waals surface area contributed by atoms with Gasteiger partial charge in [-0.1, -0.05) is 6.08 Å². The van der Waals surface area contributed by atoms with Gasteiger partial charge in [0.05, 0.1) is 7.11 Å². The van der Waals surface area contributed by atoms with Crippen molar-refractivity contribution in [3.05, 3.63) is 11.6 Å². The van der Waals surface area contributed by atoms with Gasteiger partial charge in [0.1, 0.15) is 5.54 Å². The number of amides is 3. The van der Waals surface area contributed by atoms with Gasteiger partial charge in [-0.25, -0.2) is 9.59 Å². The van der Waals surface area contributed by atoms with Gasteiger partial charge in [-0.2, -0.15) is 0 Å². The van der Waals surface area contributed by atoms with Crippen LogP contribution in [0.2, 0.25) is 0 Å². The van der Waals surface area contributed by atoms with Crippen molar-refractivity contribution in [1.29, 1.82) is 0 Å². The number of carbonyl (C=O) groups excluding carboxylic acids is 3. The number of ether oxygens (including phenoxy) is 1. The molecule has 0 saturated carbocycles. The summed E-state index contributed by atoms with van der Waals surface area (Å²) in [6.07, 6.45) is 1.49. The molecule has 1 aliphatic heterocycles. The Hall–Kier alpha value is -1.85. The smallest absolute Gasteiger partial charge is 0.333 e. The number of hydrogen-bond acceptors (Lipinski definition) is 4. The largest absolute Gasteiger partial charge is 0.466 e. The number of imide groups is 1. The fourth-order valence-corrected chi connectivity index (χ4v) is 1.46. The molecule has 0 unspecified atom stereocenters. The summed E-state index contributed by atoms with van der Waals surface area (Å²) in [7, 11) is 1.27. The molecule has 0 aromatic heterocycles. The van der Waals surface area contributed by atoms with Gasteiger partial charge in [0.2, 0.25) is 0 Å². The Bertz CT molecular complexity index is 398. The highest BCUT2D eigenvalue weighted by Gasteiger charge is 2.43. The summed E-state index contributed by atoms with van der Waals surface area (Å²) in [6.45, 7) is 4.89. The first kappa shape index (κ1) is 13.2. The highest BCUT2D eigenvalue weighted by atomic mass is 16.5. The molecule has 0 spiro atoms. The minimum Gasteiger partial charge on any atom is -0.466 e. The number of nitrogens with one attached hydrogen (secondary N) is 1. The molecule has 0 atom stereocenters. The van der Waals surface area contributed by atoms with E-state index in [1.807, 2.05) is 0 Å². The Morgan fingerprint density at radius 1 is 1.47 bits per heavy atom. The highest BCUT2D eigenvalue weighted by molar-refractivity contribution is 6.06. The lowest BCUT2D eigenvalue weighted by molar-refractivity contribution is -0.136. The molecule has 1 N–H and O–H groups in total. The number of methoxy groups -OCH3 is 1. The van der Waals surface area contributed by atoms with E-state index < -0.39 is 17.5 Å². The van der Waals surface area contributed by atoms with E-state index in [1.165, 1.54) is 13.2 Å². The first-order valence-electron chi connectivity index (χ1n) is 5.19. The second-order valence-corrected chi connectivity index (χ2v) is 4.35. The Labute approximate surface area is 99.6 Å². The predicted octanol–water partition coefficient (Wildman–Crippen LogP) is 0.436. The van der Waals surface area contributed by atoms with E-state index in [2.05, 4.69) is 10.1 Å². The molecule has 3 amide bonds. The second kappa shape index (κ2) is 4.57. The summed E-state index contributed by atoms with van der Waals surface area (Å²) < 4.78 is 4.51. The zero-order chi connectivity index (χ0) is 13.2. The molecule has 0 bridgehead atoms. The first-order valence-corrected chi connectivity index (χ1v) is 5.19. The third kappa shape index (κ3) is 2.64. The van der Waals surface area contributed by atoms with Crippen LogP contribution in [0.4, 0.5) is 4.79 Å². The van der Waals surface area contributed by atoms with Gasteiger partial charge >= 0.3 is 12.0 Å². The number of urea groups is 1.